The minimum absolute atomic E-state index is 0.0616. The summed E-state index contributed by atoms with van der Waals surface area (Å²) < 4.78 is 44.3. The Balaban J connectivity index is 2.27. The van der Waals surface area contributed by atoms with Crippen molar-refractivity contribution in [2.24, 2.45) is 5.73 Å². The van der Waals surface area contributed by atoms with Crippen molar-refractivity contribution in [1.82, 2.24) is 4.98 Å². The highest BCUT2D eigenvalue weighted by Gasteiger charge is 2.31. The number of ether oxygens (including phenoxy) is 1. The molecule has 0 amide bonds. The van der Waals surface area contributed by atoms with Crippen LogP contribution in [0.15, 0.2) is 24.4 Å². The topological polar surface area (TPSA) is 80.4 Å². The maximum absolute atomic E-state index is 13.0. The molecule has 25 heavy (non-hydrogen) atoms. The van der Waals surface area contributed by atoms with Crippen LogP contribution in [0.25, 0.3) is 0 Å². The Hall–Kier alpha value is -1.84. The van der Waals surface area contributed by atoms with Crippen LogP contribution in [-0.4, -0.2) is 16.7 Å². The predicted octanol–water partition coefficient (Wildman–Crippen LogP) is 4.07. The maximum atomic E-state index is 13.0. The van der Waals surface area contributed by atoms with Crippen molar-refractivity contribution in [3.63, 3.8) is 0 Å². The third-order valence-corrected chi connectivity index (χ3v) is 4.51. The first kappa shape index (κ1) is 19.5. The van der Waals surface area contributed by atoms with E-state index in [1.54, 1.807) is 6.92 Å². The number of thiazole rings is 1. The van der Waals surface area contributed by atoms with E-state index in [2.05, 4.69) is 10.3 Å². The van der Waals surface area contributed by atoms with E-state index in [-0.39, 0.29) is 17.5 Å². The summed E-state index contributed by atoms with van der Waals surface area (Å²) in [5.74, 6) is 0.242. The second kappa shape index (κ2) is 8.03. The summed E-state index contributed by atoms with van der Waals surface area (Å²) in [6, 6.07) is 2.82. The van der Waals surface area contributed by atoms with Crippen LogP contribution in [0.2, 0.25) is 0 Å². The zero-order valence-corrected chi connectivity index (χ0v) is 14.6. The highest BCUT2D eigenvalue weighted by molar-refractivity contribution is 7.11. The van der Waals surface area contributed by atoms with Gasteiger partial charge in [0.2, 0.25) is 0 Å². The number of alkyl halides is 3. The van der Waals surface area contributed by atoms with Crippen LogP contribution < -0.4 is 15.8 Å². The van der Waals surface area contributed by atoms with E-state index in [4.69, 9.17) is 10.5 Å². The molecule has 9 heteroatoms. The molecule has 1 aromatic carbocycles. The third kappa shape index (κ3) is 5.07. The van der Waals surface area contributed by atoms with Crippen molar-refractivity contribution in [1.29, 1.82) is 0 Å². The Kier molecular flexibility index (Phi) is 6.26. The number of aliphatic hydroxyl groups excluding tert-OH is 1. The van der Waals surface area contributed by atoms with Gasteiger partial charge >= 0.3 is 6.18 Å². The lowest BCUT2D eigenvalue weighted by molar-refractivity contribution is -0.137. The highest BCUT2D eigenvalue weighted by atomic mass is 32.1. The van der Waals surface area contributed by atoms with Crippen LogP contribution in [0.3, 0.4) is 0 Å². The average molecular weight is 375 g/mol. The van der Waals surface area contributed by atoms with Crippen LogP contribution in [-0.2, 0) is 6.18 Å². The third-order valence-electron chi connectivity index (χ3n) is 3.26. The van der Waals surface area contributed by atoms with Crippen molar-refractivity contribution in [3.05, 3.63) is 39.8 Å². The first-order chi connectivity index (χ1) is 11.7. The van der Waals surface area contributed by atoms with Gasteiger partial charge in [-0.1, -0.05) is 6.92 Å². The molecule has 0 bridgehead atoms. The van der Waals surface area contributed by atoms with Crippen LogP contribution >= 0.6 is 11.3 Å². The van der Waals surface area contributed by atoms with Crippen molar-refractivity contribution in [3.8, 4) is 5.75 Å². The quantitative estimate of drug-likeness (QED) is 0.636. The molecule has 0 saturated carbocycles. The molecule has 0 radical (unpaired) electrons. The van der Waals surface area contributed by atoms with Crippen LogP contribution in [0.1, 0.15) is 48.0 Å². The molecular formula is C16H20F3N3O2S. The number of hydrogen-bond acceptors (Lipinski definition) is 6. The number of aliphatic hydroxyl groups is 1. The molecule has 0 spiro atoms. The molecule has 138 valence electrons. The summed E-state index contributed by atoms with van der Waals surface area (Å²) in [4.78, 5) is 4.54. The lowest BCUT2D eigenvalue weighted by Crippen LogP contribution is -2.12. The first-order valence-electron chi connectivity index (χ1n) is 7.72. The first-order valence-corrected chi connectivity index (χ1v) is 8.54. The molecule has 2 aromatic rings. The van der Waals surface area contributed by atoms with E-state index >= 15 is 0 Å². The average Bonchev–Trinajstić information content (AvgIpc) is 3.03. The molecule has 1 aromatic heterocycles. The zero-order chi connectivity index (χ0) is 18.6. The molecule has 0 aliphatic rings. The largest absolute Gasteiger partial charge is 0.491 e. The second-order valence-electron chi connectivity index (χ2n) is 5.49. The van der Waals surface area contributed by atoms with Gasteiger partial charge < -0.3 is 20.9 Å². The molecule has 2 rings (SSSR count). The van der Waals surface area contributed by atoms with Gasteiger partial charge in [0.25, 0.3) is 0 Å². The van der Waals surface area contributed by atoms with E-state index in [1.807, 2.05) is 6.92 Å². The molecule has 0 aliphatic heterocycles. The van der Waals surface area contributed by atoms with E-state index in [1.165, 1.54) is 23.6 Å². The summed E-state index contributed by atoms with van der Waals surface area (Å²) >= 11 is 1.19. The zero-order valence-electron chi connectivity index (χ0n) is 13.8. The number of rotatable bonds is 7. The van der Waals surface area contributed by atoms with Crippen LogP contribution in [0, 0.1) is 0 Å². The summed E-state index contributed by atoms with van der Waals surface area (Å²) in [5.41, 5.74) is 4.96. The van der Waals surface area contributed by atoms with Gasteiger partial charge in [0.1, 0.15) is 10.8 Å². The molecule has 0 saturated heterocycles. The Morgan fingerprint density at radius 2 is 2.12 bits per heavy atom. The standard InChI is InChI=1S/C16H20F3N3O2S/c1-3-6-24-12-5-4-10(16(17,18)19)7-11(12)22-14(23)13-8-21-15(25-13)9(2)20/h4-5,7-9,14,22-23H,3,6,20H2,1-2H3. The minimum atomic E-state index is -4.49. The number of nitrogens with zero attached hydrogens (tertiary/aromatic N) is 1. The predicted molar refractivity (Wildman–Crippen MR) is 90.5 cm³/mol. The molecule has 5 nitrogen and oxygen atoms in total. The Labute approximate surface area is 147 Å². The van der Waals surface area contributed by atoms with E-state index < -0.39 is 18.0 Å². The summed E-state index contributed by atoms with van der Waals surface area (Å²) in [5, 5.41) is 13.6. The van der Waals surface area contributed by atoms with Crippen LogP contribution in [0.5, 0.6) is 5.75 Å². The fourth-order valence-corrected chi connectivity index (χ4v) is 2.82. The summed E-state index contributed by atoms with van der Waals surface area (Å²) in [6.07, 6.45) is -3.56. The van der Waals surface area contributed by atoms with Gasteiger partial charge in [0.15, 0.2) is 6.23 Å². The number of benzene rings is 1. The smallest absolute Gasteiger partial charge is 0.416 e. The molecular weight excluding hydrogens is 355 g/mol. The summed E-state index contributed by atoms with van der Waals surface area (Å²) in [6.45, 7) is 4.00. The van der Waals surface area contributed by atoms with E-state index in [0.717, 1.165) is 12.1 Å². The monoisotopic (exact) mass is 375 g/mol. The highest BCUT2D eigenvalue weighted by Crippen LogP contribution is 2.36. The number of aromatic nitrogens is 1. The van der Waals surface area contributed by atoms with Crippen molar-refractivity contribution in [2.75, 3.05) is 11.9 Å². The molecule has 0 aliphatic carbocycles. The Bertz CT molecular complexity index is 704. The summed E-state index contributed by atoms with van der Waals surface area (Å²) in [7, 11) is 0. The SMILES string of the molecule is CCCOc1ccc(C(F)(F)F)cc1NC(O)c1cnc(C(C)N)s1. The van der Waals surface area contributed by atoms with Gasteiger partial charge in [-0.3, -0.25) is 0 Å². The van der Waals surface area contributed by atoms with Gasteiger partial charge in [-0.15, -0.1) is 11.3 Å². The van der Waals surface area contributed by atoms with E-state index in [0.29, 0.717) is 22.9 Å². The van der Waals surface area contributed by atoms with Crippen molar-refractivity contribution >= 4 is 17.0 Å². The minimum Gasteiger partial charge on any atom is -0.491 e. The lowest BCUT2D eigenvalue weighted by atomic mass is 10.1. The van der Waals surface area contributed by atoms with Gasteiger partial charge in [-0.05, 0) is 31.5 Å². The van der Waals surface area contributed by atoms with Crippen LogP contribution in [0.4, 0.5) is 18.9 Å². The molecule has 2 atom stereocenters. The number of halogens is 3. The van der Waals surface area contributed by atoms with Crippen molar-refractivity contribution in [2.45, 2.75) is 38.7 Å². The number of anilines is 1. The van der Waals surface area contributed by atoms with Gasteiger partial charge in [0, 0.05) is 6.20 Å². The van der Waals surface area contributed by atoms with Gasteiger partial charge in [-0.25, -0.2) is 4.98 Å². The number of nitrogens with one attached hydrogen (secondary N) is 1. The van der Waals surface area contributed by atoms with Gasteiger partial charge in [-0.2, -0.15) is 13.2 Å². The fraction of sp³-hybridized carbons (Fsp3) is 0.438. The molecule has 1 heterocycles. The maximum Gasteiger partial charge on any atom is 0.416 e. The second-order valence-corrected chi connectivity index (χ2v) is 6.59. The lowest BCUT2D eigenvalue weighted by Gasteiger charge is -2.18. The Morgan fingerprint density at radius 3 is 2.68 bits per heavy atom. The van der Waals surface area contributed by atoms with Gasteiger partial charge in [0.05, 0.1) is 28.8 Å². The molecule has 0 fully saturated rings. The van der Waals surface area contributed by atoms with E-state index in [9.17, 15) is 18.3 Å². The molecule has 2 unspecified atom stereocenters. The fourth-order valence-electron chi connectivity index (χ4n) is 2.01. The number of nitrogens with two attached hydrogens (primary N) is 1. The molecule has 4 N–H and O–H groups in total. The normalized spacial score (nSPS) is 14.2. The number of hydrogen-bond donors (Lipinski definition) is 3. The van der Waals surface area contributed by atoms with Crippen molar-refractivity contribution < 1.29 is 23.0 Å². The Morgan fingerprint density at radius 1 is 1.40 bits per heavy atom.